The van der Waals surface area contributed by atoms with Gasteiger partial charge in [-0.25, -0.2) is 9.78 Å². The summed E-state index contributed by atoms with van der Waals surface area (Å²) in [4.78, 5) is 33.8. The molecule has 2 heterocycles. The van der Waals surface area contributed by atoms with Crippen LogP contribution in [0.3, 0.4) is 0 Å². The first kappa shape index (κ1) is 30.0. The predicted molar refractivity (Wildman–Crippen MR) is 153 cm³/mol. The van der Waals surface area contributed by atoms with E-state index in [1.54, 1.807) is 17.2 Å². The smallest absolute Gasteiger partial charge is 0.453 e. The SMILES string of the molecule is COC(=O)NCC(=O)N1CC(C)CC1c1ncc(-c2ccc(-c3ccc(OS(=O)(=O)C(F)(F)F)c4c3C3CCC4C3)cc2)[nH]1. The summed E-state index contributed by atoms with van der Waals surface area (Å²) >= 11 is 0. The number of imidazole rings is 1. The van der Waals surface area contributed by atoms with E-state index in [1.165, 1.54) is 13.2 Å². The highest BCUT2D eigenvalue weighted by Crippen LogP contribution is 2.58. The topological polar surface area (TPSA) is 131 Å². The maximum atomic E-state index is 13.1. The third kappa shape index (κ3) is 5.39. The Morgan fingerprint density at radius 3 is 2.41 bits per heavy atom. The Morgan fingerprint density at radius 1 is 1.05 bits per heavy atom. The number of ether oxygens (including phenoxy) is 1. The van der Waals surface area contributed by atoms with Crippen molar-refractivity contribution in [2.45, 2.75) is 56.0 Å². The van der Waals surface area contributed by atoms with E-state index in [2.05, 4.69) is 24.2 Å². The summed E-state index contributed by atoms with van der Waals surface area (Å²) in [7, 11) is -4.55. The van der Waals surface area contributed by atoms with E-state index in [9.17, 15) is 31.2 Å². The number of alkyl halides is 3. The Kier molecular flexibility index (Phi) is 7.58. The van der Waals surface area contributed by atoms with Gasteiger partial charge in [0.2, 0.25) is 5.91 Å². The van der Waals surface area contributed by atoms with Gasteiger partial charge in [-0.3, -0.25) is 4.79 Å². The maximum Gasteiger partial charge on any atom is 0.534 e. The molecule has 44 heavy (non-hydrogen) atoms. The van der Waals surface area contributed by atoms with Gasteiger partial charge >= 0.3 is 21.7 Å². The second-order valence-electron chi connectivity index (χ2n) is 11.6. The zero-order chi connectivity index (χ0) is 31.4. The molecule has 2 N–H and O–H groups in total. The number of amides is 2. The van der Waals surface area contributed by atoms with Crippen molar-refractivity contribution in [1.29, 1.82) is 0 Å². The molecule has 2 aromatic carbocycles. The Hall–Kier alpha value is -4.07. The number of aromatic amines is 1. The highest BCUT2D eigenvalue weighted by atomic mass is 32.2. The molecule has 0 radical (unpaired) electrons. The second kappa shape index (κ2) is 11.1. The summed E-state index contributed by atoms with van der Waals surface area (Å²) < 4.78 is 71.9. The fourth-order valence-corrected chi connectivity index (χ4v) is 7.33. The fraction of sp³-hybridized carbons (Fsp3) is 0.433. The summed E-state index contributed by atoms with van der Waals surface area (Å²) in [6.07, 6.45) is 4.14. The normalized spacial score (nSPS) is 22.6. The van der Waals surface area contributed by atoms with Gasteiger partial charge in [-0.05, 0) is 71.8 Å². The number of nitrogens with one attached hydrogen (secondary N) is 2. The molecule has 3 aliphatic rings. The van der Waals surface area contributed by atoms with Crippen LogP contribution in [0.4, 0.5) is 18.0 Å². The lowest BCUT2D eigenvalue weighted by Gasteiger charge is -2.23. The van der Waals surface area contributed by atoms with Gasteiger partial charge in [-0.1, -0.05) is 37.3 Å². The zero-order valence-corrected chi connectivity index (χ0v) is 24.8. The molecule has 14 heteroatoms. The van der Waals surface area contributed by atoms with Crippen molar-refractivity contribution < 1.29 is 40.1 Å². The van der Waals surface area contributed by atoms with Crippen LogP contribution in [0.15, 0.2) is 42.6 Å². The van der Waals surface area contributed by atoms with Gasteiger partial charge in [0.25, 0.3) is 0 Å². The first-order valence-electron chi connectivity index (χ1n) is 14.3. The molecule has 1 saturated heterocycles. The molecule has 0 spiro atoms. The van der Waals surface area contributed by atoms with Crippen LogP contribution in [0, 0.1) is 5.92 Å². The molecule has 2 bridgehead atoms. The molecule has 3 aromatic rings. The van der Waals surface area contributed by atoms with Gasteiger partial charge in [0.05, 0.1) is 25.0 Å². The van der Waals surface area contributed by atoms with Gasteiger partial charge in [-0.2, -0.15) is 21.6 Å². The molecule has 2 amide bonds. The molecule has 10 nitrogen and oxygen atoms in total. The van der Waals surface area contributed by atoms with Crippen LogP contribution < -0.4 is 9.50 Å². The maximum absolute atomic E-state index is 13.1. The van der Waals surface area contributed by atoms with Gasteiger partial charge in [-0.15, -0.1) is 0 Å². The minimum absolute atomic E-state index is 0.0444. The number of H-pyrrole nitrogens is 1. The number of carbonyl (C=O) groups is 2. The number of fused-ring (bicyclic) bond motifs is 5. The van der Waals surface area contributed by atoms with Crippen LogP contribution in [-0.2, 0) is 19.6 Å². The Labute approximate surface area is 252 Å². The zero-order valence-electron chi connectivity index (χ0n) is 24.0. The Balaban J connectivity index is 1.24. The van der Waals surface area contributed by atoms with Crippen LogP contribution in [0.25, 0.3) is 22.4 Å². The number of rotatable bonds is 7. The molecule has 4 unspecified atom stereocenters. The molecule has 4 atom stereocenters. The van der Waals surface area contributed by atoms with Gasteiger partial charge < -0.3 is 24.1 Å². The third-order valence-corrected chi connectivity index (χ3v) is 9.76. The van der Waals surface area contributed by atoms with Crippen molar-refractivity contribution in [2.24, 2.45) is 5.92 Å². The molecular formula is C30H31F3N4O6S. The van der Waals surface area contributed by atoms with E-state index < -0.39 is 21.7 Å². The van der Waals surface area contributed by atoms with Crippen molar-refractivity contribution in [3.05, 3.63) is 59.5 Å². The number of aromatic nitrogens is 2. The number of hydrogen-bond donors (Lipinski definition) is 2. The molecule has 2 aliphatic carbocycles. The van der Waals surface area contributed by atoms with Crippen molar-refractivity contribution in [3.8, 4) is 28.1 Å². The monoisotopic (exact) mass is 632 g/mol. The van der Waals surface area contributed by atoms with Gasteiger partial charge in [0.15, 0.2) is 0 Å². The summed E-state index contributed by atoms with van der Waals surface area (Å²) in [5.41, 5.74) is -0.813. The first-order valence-corrected chi connectivity index (χ1v) is 15.7. The summed E-state index contributed by atoms with van der Waals surface area (Å²) in [6, 6.07) is 10.3. The van der Waals surface area contributed by atoms with Crippen LogP contribution in [0.2, 0.25) is 0 Å². The number of benzene rings is 2. The van der Waals surface area contributed by atoms with Crippen molar-refractivity contribution in [1.82, 2.24) is 20.2 Å². The number of alkyl carbamates (subject to hydrolysis) is 1. The van der Waals surface area contributed by atoms with E-state index in [0.717, 1.165) is 47.2 Å². The number of likely N-dealkylation sites (tertiary alicyclic amines) is 1. The number of halogens is 3. The van der Waals surface area contributed by atoms with Gasteiger partial charge in [0.1, 0.15) is 18.1 Å². The fourth-order valence-electron chi connectivity index (χ4n) is 6.86. The van der Waals surface area contributed by atoms with E-state index in [1.807, 2.05) is 31.2 Å². The summed E-state index contributed by atoms with van der Waals surface area (Å²) in [5, 5.41) is 2.43. The van der Waals surface area contributed by atoms with Crippen LogP contribution in [-0.4, -0.2) is 61.0 Å². The molecular weight excluding hydrogens is 601 g/mol. The molecule has 1 aliphatic heterocycles. The first-order chi connectivity index (χ1) is 20.9. The van der Waals surface area contributed by atoms with Crippen LogP contribution in [0.1, 0.15) is 67.4 Å². The molecule has 6 rings (SSSR count). The van der Waals surface area contributed by atoms with E-state index in [0.29, 0.717) is 24.4 Å². The lowest BCUT2D eigenvalue weighted by atomic mass is 9.85. The molecule has 2 fully saturated rings. The summed E-state index contributed by atoms with van der Waals surface area (Å²) in [6.45, 7) is 2.41. The quantitative estimate of drug-likeness (QED) is 0.256. The highest BCUT2D eigenvalue weighted by molar-refractivity contribution is 7.88. The molecule has 234 valence electrons. The summed E-state index contributed by atoms with van der Waals surface area (Å²) in [5.74, 6) is 0.483. The van der Waals surface area contributed by atoms with Gasteiger partial charge in [0, 0.05) is 12.1 Å². The number of methoxy groups -OCH3 is 1. The highest BCUT2D eigenvalue weighted by Gasteiger charge is 2.50. The minimum atomic E-state index is -5.78. The second-order valence-corrected chi connectivity index (χ2v) is 13.2. The van der Waals surface area contributed by atoms with Crippen molar-refractivity contribution in [3.63, 3.8) is 0 Å². The largest absolute Gasteiger partial charge is 0.534 e. The molecule has 1 aromatic heterocycles. The van der Waals surface area contributed by atoms with E-state index >= 15 is 0 Å². The van der Waals surface area contributed by atoms with Crippen molar-refractivity contribution in [2.75, 3.05) is 20.2 Å². The standard InChI is InChI=1S/C30H31F3N4O6S/c1-16-11-23(37(15-16)25(38)14-35-29(39)42-2)28-34-13-22(36-28)18-5-3-17(4-6-18)21-9-10-24(43-44(40,41)30(31,32)33)27-20-8-7-19(12-20)26(21)27/h3-6,9-10,13,16,19-20,23H,7-8,11-12,14-15H2,1-2H3,(H,34,36)(H,35,39). The Morgan fingerprint density at radius 2 is 1.73 bits per heavy atom. The minimum Gasteiger partial charge on any atom is -0.453 e. The average Bonchev–Trinajstić information content (AvgIpc) is 3.79. The number of carbonyl (C=O) groups excluding carboxylic acids is 2. The number of nitrogens with zero attached hydrogens (tertiary/aromatic N) is 2. The van der Waals surface area contributed by atoms with Crippen LogP contribution >= 0.6 is 0 Å². The lowest BCUT2D eigenvalue weighted by Crippen LogP contribution is -2.40. The van der Waals surface area contributed by atoms with Crippen molar-refractivity contribution >= 4 is 22.1 Å². The average molecular weight is 633 g/mol. The lowest BCUT2D eigenvalue weighted by molar-refractivity contribution is -0.131. The number of hydrogen-bond acceptors (Lipinski definition) is 7. The van der Waals surface area contributed by atoms with E-state index in [-0.39, 0.29) is 42.0 Å². The molecule has 1 saturated carbocycles. The van der Waals surface area contributed by atoms with Crippen LogP contribution in [0.5, 0.6) is 5.75 Å². The van der Waals surface area contributed by atoms with E-state index in [4.69, 9.17) is 0 Å². The third-order valence-electron chi connectivity index (χ3n) is 8.80. The predicted octanol–water partition coefficient (Wildman–Crippen LogP) is 5.60. The Bertz CT molecular complexity index is 1710.